The van der Waals surface area contributed by atoms with Crippen molar-refractivity contribution >= 4 is 27.3 Å². The summed E-state index contributed by atoms with van der Waals surface area (Å²) in [5, 5.41) is 3.41. The van der Waals surface area contributed by atoms with E-state index >= 15 is 0 Å². The maximum Gasteiger partial charge on any atom is 0.262 e. The Morgan fingerprint density at radius 3 is 2.43 bits per heavy atom. The molecule has 4 nitrogen and oxygen atoms in total. The maximum absolute atomic E-state index is 12.5. The molecule has 6 heteroatoms. The van der Waals surface area contributed by atoms with Gasteiger partial charge < -0.3 is 5.32 Å². The van der Waals surface area contributed by atoms with E-state index in [2.05, 4.69) is 10.0 Å². The quantitative estimate of drug-likeness (QED) is 0.888. The third kappa shape index (κ3) is 3.75. The lowest BCUT2D eigenvalue weighted by Crippen LogP contribution is -2.16. The number of anilines is 1. The topological polar surface area (TPSA) is 58.2 Å². The van der Waals surface area contributed by atoms with Gasteiger partial charge in [-0.15, -0.1) is 0 Å². The Kier molecular flexibility index (Phi) is 4.88. The fraction of sp³-hybridized carbons (Fsp3) is 0.200. The lowest BCUT2D eigenvalue weighted by atomic mass is 10.1. The molecule has 0 saturated heterocycles. The zero-order valence-corrected chi connectivity index (χ0v) is 13.4. The van der Waals surface area contributed by atoms with Crippen molar-refractivity contribution in [2.45, 2.75) is 18.4 Å². The summed E-state index contributed by atoms with van der Waals surface area (Å²) in [4.78, 5) is 0.198. The summed E-state index contributed by atoms with van der Waals surface area (Å²) < 4.78 is 27.6. The molecule has 0 aliphatic rings. The Hall–Kier alpha value is -1.56. The second kappa shape index (κ2) is 6.47. The van der Waals surface area contributed by atoms with Crippen LogP contribution in [0.2, 0.25) is 5.02 Å². The van der Waals surface area contributed by atoms with E-state index in [0.29, 0.717) is 22.8 Å². The molecule has 112 valence electrons. The lowest BCUT2D eigenvalue weighted by molar-refractivity contribution is 0.600. The van der Waals surface area contributed by atoms with Crippen LogP contribution in [0.4, 0.5) is 5.69 Å². The molecule has 0 atom stereocenters. The van der Waals surface area contributed by atoms with Gasteiger partial charge in [-0.3, -0.25) is 4.72 Å². The number of sulfonamides is 1. The molecule has 2 N–H and O–H groups in total. The first kappa shape index (κ1) is 15.8. The number of hydrogen-bond acceptors (Lipinski definition) is 3. The molecular weight excluding hydrogens is 308 g/mol. The normalized spacial score (nSPS) is 11.4. The van der Waals surface area contributed by atoms with E-state index in [0.717, 1.165) is 5.56 Å². The zero-order chi connectivity index (χ0) is 15.5. The van der Waals surface area contributed by atoms with Gasteiger partial charge in [-0.25, -0.2) is 8.42 Å². The summed E-state index contributed by atoms with van der Waals surface area (Å²) in [5.74, 6) is 0. The van der Waals surface area contributed by atoms with Gasteiger partial charge in [0, 0.05) is 17.3 Å². The molecule has 21 heavy (non-hydrogen) atoms. The number of rotatable bonds is 5. The molecule has 2 aromatic rings. The van der Waals surface area contributed by atoms with E-state index < -0.39 is 10.0 Å². The highest BCUT2D eigenvalue weighted by molar-refractivity contribution is 7.92. The van der Waals surface area contributed by atoms with Crippen LogP contribution in [0.15, 0.2) is 47.4 Å². The largest absolute Gasteiger partial charge is 0.316 e. The average Bonchev–Trinajstić information content (AvgIpc) is 2.43. The van der Waals surface area contributed by atoms with Crippen molar-refractivity contribution in [3.8, 4) is 0 Å². The second-order valence-corrected chi connectivity index (χ2v) is 6.78. The van der Waals surface area contributed by atoms with Crippen molar-refractivity contribution in [1.82, 2.24) is 5.32 Å². The Morgan fingerprint density at radius 2 is 1.81 bits per heavy atom. The molecule has 0 aliphatic carbocycles. The number of nitrogens with one attached hydrogen (secondary N) is 2. The maximum atomic E-state index is 12.5. The monoisotopic (exact) mass is 324 g/mol. The van der Waals surface area contributed by atoms with Gasteiger partial charge in [0.15, 0.2) is 0 Å². The van der Waals surface area contributed by atoms with Crippen LogP contribution in [-0.2, 0) is 16.6 Å². The van der Waals surface area contributed by atoms with Crippen molar-refractivity contribution in [2.24, 2.45) is 0 Å². The molecule has 0 saturated carbocycles. The van der Waals surface area contributed by atoms with E-state index in [1.54, 1.807) is 44.3 Å². The highest BCUT2D eigenvalue weighted by Crippen LogP contribution is 2.26. The molecule has 0 bridgehead atoms. The second-order valence-electron chi connectivity index (χ2n) is 4.69. The van der Waals surface area contributed by atoms with Crippen molar-refractivity contribution in [3.63, 3.8) is 0 Å². The van der Waals surface area contributed by atoms with Gasteiger partial charge in [0.1, 0.15) is 0 Å². The summed E-state index contributed by atoms with van der Waals surface area (Å²) in [6.07, 6.45) is 0. The minimum Gasteiger partial charge on any atom is -0.316 e. The summed E-state index contributed by atoms with van der Waals surface area (Å²) in [7, 11) is -1.87. The standard InChI is InChI=1S/C15H17ClN2O2S/c1-11-12(10-17-2)8-13(16)9-15(11)21(19,20)18-14-6-4-3-5-7-14/h3-9,17-18H,10H2,1-2H3. The van der Waals surface area contributed by atoms with Crippen LogP contribution in [0.1, 0.15) is 11.1 Å². The lowest BCUT2D eigenvalue weighted by Gasteiger charge is -2.14. The summed E-state index contributed by atoms with van der Waals surface area (Å²) >= 11 is 6.05. The van der Waals surface area contributed by atoms with Gasteiger partial charge >= 0.3 is 0 Å². The van der Waals surface area contributed by atoms with Gasteiger partial charge in [0.25, 0.3) is 10.0 Å². The Bertz CT molecular complexity index is 731. The first-order chi connectivity index (χ1) is 9.94. The average molecular weight is 325 g/mol. The van der Waals surface area contributed by atoms with E-state index in [1.807, 2.05) is 6.07 Å². The van der Waals surface area contributed by atoms with Gasteiger partial charge in [0.2, 0.25) is 0 Å². The minimum atomic E-state index is -3.67. The SMILES string of the molecule is CNCc1cc(Cl)cc(S(=O)(=O)Nc2ccccc2)c1C. The molecule has 0 aromatic heterocycles. The predicted octanol–water partition coefficient (Wildman–Crippen LogP) is 3.17. The summed E-state index contributed by atoms with van der Waals surface area (Å²) in [6.45, 7) is 2.34. The van der Waals surface area contributed by atoms with Crippen LogP contribution in [0, 0.1) is 6.92 Å². The van der Waals surface area contributed by atoms with Crippen LogP contribution in [0.5, 0.6) is 0 Å². The number of para-hydroxylation sites is 1. The molecule has 0 fully saturated rings. The molecule has 0 heterocycles. The fourth-order valence-electron chi connectivity index (χ4n) is 2.08. The molecule has 0 spiro atoms. The van der Waals surface area contributed by atoms with E-state index in [9.17, 15) is 8.42 Å². The van der Waals surface area contributed by atoms with Gasteiger partial charge in [-0.05, 0) is 49.4 Å². The molecule has 0 amide bonds. The smallest absolute Gasteiger partial charge is 0.262 e. The molecular formula is C15H17ClN2O2S. The van der Waals surface area contributed by atoms with E-state index in [4.69, 9.17) is 11.6 Å². The molecule has 0 radical (unpaired) electrons. The first-order valence-electron chi connectivity index (χ1n) is 6.45. The van der Waals surface area contributed by atoms with Crippen LogP contribution >= 0.6 is 11.6 Å². The van der Waals surface area contributed by atoms with Crippen molar-refractivity contribution < 1.29 is 8.42 Å². The molecule has 2 aromatic carbocycles. The predicted molar refractivity (Wildman–Crippen MR) is 86.2 cm³/mol. The van der Waals surface area contributed by atoms with Crippen molar-refractivity contribution in [3.05, 3.63) is 58.6 Å². The highest BCUT2D eigenvalue weighted by atomic mass is 35.5. The molecule has 0 unspecified atom stereocenters. The summed E-state index contributed by atoms with van der Waals surface area (Å²) in [5.41, 5.74) is 2.07. The van der Waals surface area contributed by atoms with Crippen LogP contribution in [0.25, 0.3) is 0 Å². The minimum absolute atomic E-state index is 0.198. The van der Waals surface area contributed by atoms with Gasteiger partial charge in [-0.2, -0.15) is 0 Å². The van der Waals surface area contributed by atoms with Crippen LogP contribution < -0.4 is 10.0 Å². The van der Waals surface area contributed by atoms with Crippen LogP contribution in [0.3, 0.4) is 0 Å². The zero-order valence-electron chi connectivity index (χ0n) is 11.9. The number of hydrogen-bond donors (Lipinski definition) is 2. The van der Waals surface area contributed by atoms with E-state index in [-0.39, 0.29) is 4.90 Å². The van der Waals surface area contributed by atoms with Crippen molar-refractivity contribution in [1.29, 1.82) is 0 Å². The first-order valence-corrected chi connectivity index (χ1v) is 8.31. The third-order valence-electron chi connectivity index (χ3n) is 3.12. The van der Waals surface area contributed by atoms with Gasteiger partial charge in [0.05, 0.1) is 4.90 Å². The molecule has 2 rings (SSSR count). The van der Waals surface area contributed by atoms with Crippen LogP contribution in [-0.4, -0.2) is 15.5 Å². The highest BCUT2D eigenvalue weighted by Gasteiger charge is 2.19. The number of benzene rings is 2. The van der Waals surface area contributed by atoms with E-state index in [1.165, 1.54) is 6.07 Å². The Morgan fingerprint density at radius 1 is 1.14 bits per heavy atom. The summed E-state index contributed by atoms with van der Waals surface area (Å²) in [6, 6.07) is 12.0. The Labute approximate surface area is 130 Å². The third-order valence-corrected chi connectivity index (χ3v) is 4.84. The molecule has 0 aliphatic heterocycles. The fourth-order valence-corrected chi connectivity index (χ4v) is 3.76. The Balaban J connectivity index is 2.45. The van der Waals surface area contributed by atoms with Crippen molar-refractivity contribution in [2.75, 3.05) is 11.8 Å². The number of halogens is 1. The van der Waals surface area contributed by atoms with Gasteiger partial charge in [-0.1, -0.05) is 29.8 Å².